The van der Waals surface area contributed by atoms with Crippen LogP contribution < -0.4 is 9.46 Å². The van der Waals surface area contributed by atoms with Crippen molar-refractivity contribution in [1.82, 2.24) is 4.31 Å². The third kappa shape index (κ3) is 4.36. The predicted molar refractivity (Wildman–Crippen MR) is 113 cm³/mol. The van der Waals surface area contributed by atoms with E-state index in [4.69, 9.17) is 4.74 Å². The zero-order valence-corrected chi connectivity index (χ0v) is 17.9. The minimum atomic E-state index is -3.91. The second kappa shape index (κ2) is 8.02. The Bertz CT molecular complexity index is 1250. The van der Waals surface area contributed by atoms with Gasteiger partial charge >= 0.3 is 0 Å². The number of sulfonamides is 2. The smallest absolute Gasteiger partial charge is 0.261 e. The molecule has 0 amide bonds. The van der Waals surface area contributed by atoms with Gasteiger partial charge in [-0.25, -0.2) is 21.1 Å². The molecule has 0 radical (unpaired) electrons. The van der Waals surface area contributed by atoms with Crippen LogP contribution in [0.5, 0.6) is 5.75 Å². The van der Waals surface area contributed by atoms with Crippen molar-refractivity contribution in [2.45, 2.75) is 16.7 Å². The molecule has 0 aliphatic rings. The fourth-order valence-electron chi connectivity index (χ4n) is 2.79. The Morgan fingerprint density at radius 3 is 2.24 bits per heavy atom. The molecule has 0 bridgehead atoms. The minimum Gasteiger partial charge on any atom is -0.492 e. The molecule has 1 N–H and O–H groups in total. The number of benzene rings is 3. The van der Waals surface area contributed by atoms with E-state index in [0.29, 0.717) is 0 Å². The van der Waals surface area contributed by atoms with Crippen LogP contribution in [0.25, 0.3) is 10.8 Å². The molecule has 154 valence electrons. The highest BCUT2D eigenvalue weighted by molar-refractivity contribution is 7.92. The molecule has 0 aromatic heterocycles. The molecule has 0 saturated carbocycles. The van der Waals surface area contributed by atoms with Crippen LogP contribution in [0.1, 0.15) is 6.92 Å². The molecule has 7 nitrogen and oxygen atoms in total. The Kier molecular flexibility index (Phi) is 5.83. The Labute approximate surface area is 171 Å². The largest absolute Gasteiger partial charge is 0.492 e. The van der Waals surface area contributed by atoms with Gasteiger partial charge in [-0.1, -0.05) is 30.3 Å². The molecule has 29 heavy (non-hydrogen) atoms. The van der Waals surface area contributed by atoms with E-state index in [9.17, 15) is 16.8 Å². The van der Waals surface area contributed by atoms with Gasteiger partial charge in [0.05, 0.1) is 17.2 Å². The maximum atomic E-state index is 12.8. The van der Waals surface area contributed by atoms with Gasteiger partial charge in [0.25, 0.3) is 10.0 Å². The average Bonchev–Trinajstić information content (AvgIpc) is 2.68. The highest BCUT2D eigenvalue weighted by Crippen LogP contribution is 2.30. The fourth-order valence-corrected chi connectivity index (χ4v) is 4.93. The molecular weight excluding hydrogens is 412 g/mol. The first-order valence-electron chi connectivity index (χ1n) is 8.86. The van der Waals surface area contributed by atoms with Crippen LogP contribution in [0.2, 0.25) is 0 Å². The van der Waals surface area contributed by atoms with E-state index in [1.165, 1.54) is 38.4 Å². The second-order valence-electron chi connectivity index (χ2n) is 6.50. The van der Waals surface area contributed by atoms with Gasteiger partial charge < -0.3 is 4.74 Å². The van der Waals surface area contributed by atoms with Crippen molar-refractivity contribution >= 4 is 36.5 Å². The summed E-state index contributed by atoms with van der Waals surface area (Å²) in [6.45, 7) is 2.01. The number of nitrogens with zero attached hydrogens (tertiary/aromatic N) is 1. The quantitative estimate of drug-likeness (QED) is 0.616. The first-order chi connectivity index (χ1) is 13.6. The highest BCUT2D eigenvalue weighted by Gasteiger charge is 2.24. The standard InChI is InChI=1S/C20H22N2O5S2/c1-4-27-19-12-10-17(14-20(19)29(25,26)22(2)3)21-28(23,24)18-11-9-15-7-5-6-8-16(15)13-18/h5-14,21H,4H2,1-3H3. The average molecular weight is 435 g/mol. The molecule has 0 heterocycles. The van der Waals surface area contributed by atoms with Gasteiger partial charge in [-0.2, -0.15) is 0 Å². The predicted octanol–water partition coefficient (Wildman–Crippen LogP) is 3.29. The van der Waals surface area contributed by atoms with Crippen LogP contribution in [-0.4, -0.2) is 41.8 Å². The second-order valence-corrected chi connectivity index (χ2v) is 10.3. The molecule has 0 spiro atoms. The lowest BCUT2D eigenvalue weighted by Crippen LogP contribution is -2.23. The van der Waals surface area contributed by atoms with Crippen LogP contribution in [0.3, 0.4) is 0 Å². The number of rotatable bonds is 7. The summed E-state index contributed by atoms with van der Waals surface area (Å²) in [4.78, 5) is -0.0230. The summed E-state index contributed by atoms with van der Waals surface area (Å²) in [5, 5.41) is 1.71. The van der Waals surface area contributed by atoms with Gasteiger partial charge in [0, 0.05) is 14.1 Å². The van der Waals surface area contributed by atoms with E-state index in [1.807, 2.05) is 24.3 Å². The Morgan fingerprint density at radius 1 is 0.897 bits per heavy atom. The summed E-state index contributed by atoms with van der Waals surface area (Å²) in [6, 6.07) is 16.4. The van der Waals surface area contributed by atoms with E-state index in [-0.39, 0.29) is 27.8 Å². The lowest BCUT2D eigenvalue weighted by molar-refractivity contribution is 0.330. The number of anilines is 1. The summed E-state index contributed by atoms with van der Waals surface area (Å²) >= 11 is 0. The van der Waals surface area contributed by atoms with Crippen molar-refractivity contribution in [1.29, 1.82) is 0 Å². The zero-order valence-electron chi connectivity index (χ0n) is 16.3. The summed E-state index contributed by atoms with van der Waals surface area (Å²) < 4.78 is 59.9. The van der Waals surface area contributed by atoms with Crippen molar-refractivity contribution in [3.63, 3.8) is 0 Å². The third-order valence-electron chi connectivity index (χ3n) is 4.29. The third-order valence-corrected chi connectivity index (χ3v) is 7.50. The van der Waals surface area contributed by atoms with Gasteiger partial charge in [-0.15, -0.1) is 0 Å². The Balaban J connectivity index is 2.02. The van der Waals surface area contributed by atoms with Crippen LogP contribution in [0, 0.1) is 0 Å². The lowest BCUT2D eigenvalue weighted by Gasteiger charge is -2.17. The molecule has 0 atom stereocenters. The van der Waals surface area contributed by atoms with Crippen molar-refractivity contribution in [3.8, 4) is 5.75 Å². The maximum absolute atomic E-state index is 12.8. The summed E-state index contributed by atoms with van der Waals surface area (Å²) in [5.74, 6) is 0.162. The first-order valence-corrected chi connectivity index (χ1v) is 11.8. The van der Waals surface area contributed by atoms with Gasteiger partial charge in [0.1, 0.15) is 10.6 Å². The van der Waals surface area contributed by atoms with Gasteiger partial charge in [0.2, 0.25) is 10.0 Å². The van der Waals surface area contributed by atoms with Crippen molar-refractivity contribution in [2.75, 3.05) is 25.4 Å². The SMILES string of the molecule is CCOc1ccc(NS(=O)(=O)c2ccc3ccccc3c2)cc1S(=O)(=O)N(C)C. The molecule has 0 saturated heterocycles. The molecule has 3 aromatic carbocycles. The van der Waals surface area contributed by atoms with Gasteiger partial charge in [-0.05, 0) is 48.0 Å². The van der Waals surface area contributed by atoms with Crippen LogP contribution in [-0.2, 0) is 20.0 Å². The van der Waals surface area contributed by atoms with E-state index < -0.39 is 20.0 Å². The van der Waals surface area contributed by atoms with Crippen molar-refractivity contribution in [3.05, 3.63) is 60.7 Å². The molecule has 9 heteroatoms. The monoisotopic (exact) mass is 434 g/mol. The maximum Gasteiger partial charge on any atom is 0.261 e. The van der Waals surface area contributed by atoms with Crippen LogP contribution in [0.15, 0.2) is 70.5 Å². The first kappa shape index (κ1) is 21.1. The molecule has 0 unspecified atom stereocenters. The normalized spacial score (nSPS) is 12.3. The lowest BCUT2D eigenvalue weighted by atomic mass is 10.1. The number of hydrogen-bond donors (Lipinski definition) is 1. The van der Waals surface area contributed by atoms with E-state index in [2.05, 4.69) is 4.72 Å². The molecule has 0 aliphatic heterocycles. The molecule has 0 fully saturated rings. The summed E-state index contributed by atoms with van der Waals surface area (Å²) in [6.07, 6.45) is 0. The van der Waals surface area contributed by atoms with E-state index >= 15 is 0 Å². The van der Waals surface area contributed by atoms with Crippen molar-refractivity contribution in [2.24, 2.45) is 0 Å². The van der Waals surface area contributed by atoms with Crippen LogP contribution >= 0.6 is 0 Å². The topological polar surface area (TPSA) is 92.8 Å². The van der Waals surface area contributed by atoms with E-state index in [1.54, 1.807) is 19.1 Å². The van der Waals surface area contributed by atoms with Crippen molar-refractivity contribution < 1.29 is 21.6 Å². The molecular formula is C20H22N2O5S2. The Morgan fingerprint density at radius 2 is 1.59 bits per heavy atom. The molecule has 3 rings (SSSR count). The van der Waals surface area contributed by atoms with Crippen LogP contribution in [0.4, 0.5) is 5.69 Å². The highest BCUT2D eigenvalue weighted by atomic mass is 32.2. The van der Waals surface area contributed by atoms with E-state index in [0.717, 1.165) is 15.1 Å². The molecule has 0 aliphatic carbocycles. The number of ether oxygens (including phenoxy) is 1. The Hall–Kier alpha value is -2.62. The minimum absolute atomic E-state index is 0.0853. The summed E-state index contributed by atoms with van der Waals surface area (Å²) in [7, 11) is -4.94. The number of hydrogen-bond acceptors (Lipinski definition) is 5. The zero-order chi connectivity index (χ0) is 21.2. The fraction of sp³-hybridized carbons (Fsp3) is 0.200. The number of fused-ring (bicyclic) bond motifs is 1. The van der Waals surface area contributed by atoms with Gasteiger partial charge in [0.15, 0.2) is 0 Å². The summed E-state index contributed by atoms with van der Waals surface area (Å²) in [5.41, 5.74) is 0.127. The van der Waals surface area contributed by atoms with Gasteiger partial charge in [-0.3, -0.25) is 4.72 Å². The number of nitrogens with one attached hydrogen (secondary N) is 1. The molecule has 3 aromatic rings.